The van der Waals surface area contributed by atoms with Crippen LogP contribution in [0.4, 0.5) is 0 Å². The van der Waals surface area contributed by atoms with Crippen LogP contribution in [0.25, 0.3) is 0 Å². The van der Waals surface area contributed by atoms with Crippen LogP contribution in [0.2, 0.25) is 0 Å². The number of aliphatic imine (C=N–C) groups is 1. The molecule has 0 aliphatic rings. The van der Waals surface area contributed by atoms with Gasteiger partial charge >= 0.3 is 0 Å². The lowest BCUT2D eigenvalue weighted by Crippen LogP contribution is -2.33. The lowest BCUT2D eigenvalue weighted by molar-refractivity contribution is 0.848. The summed E-state index contributed by atoms with van der Waals surface area (Å²) in [6.07, 6.45) is 3.84. The molecule has 2 rings (SSSR count). The van der Waals surface area contributed by atoms with Crippen LogP contribution in [0.15, 0.2) is 38.4 Å². The van der Waals surface area contributed by atoms with Gasteiger partial charge < -0.3 is 11.1 Å². The predicted molar refractivity (Wildman–Crippen MR) is 90.0 cm³/mol. The summed E-state index contributed by atoms with van der Waals surface area (Å²) < 4.78 is 1.12. The van der Waals surface area contributed by atoms with Gasteiger partial charge in [-0.3, -0.25) is 4.99 Å². The Labute approximate surface area is 131 Å². The van der Waals surface area contributed by atoms with Crippen LogP contribution in [0.5, 0.6) is 0 Å². The summed E-state index contributed by atoms with van der Waals surface area (Å²) in [6.45, 7) is 1.60. The molecule has 0 aromatic carbocycles. The van der Waals surface area contributed by atoms with E-state index in [0.717, 1.165) is 36.0 Å². The highest BCUT2D eigenvalue weighted by atomic mass is 32.2. The van der Waals surface area contributed by atoms with E-state index in [-0.39, 0.29) is 0 Å². The third kappa shape index (κ3) is 5.94. The molecule has 0 saturated heterocycles. The fourth-order valence-electron chi connectivity index (χ4n) is 1.53. The summed E-state index contributed by atoms with van der Waals surface area (Å²) in [7, 11) is 0. The second-order valence-corrected chi connectivity index (χ2v) is 7.29. The van der Waals surface area contributed by atoms with Gasteiger partial charge in [-0.1, -0.05) is 17.8 Å². The van der Waals surface area contributed by atoms with Crippen molar-refractivity contribution in [2.24, 2.45) is 10.7 Å². The second kappa shape index (κ2) is 8.99. The van der Waals surface area contributed by atoms with Gasteiger partial charge in [-0.05, 0) is 24.3 Å². The highest BCUT2D eigenvalue weighted by molar-refractivity contribution is 8.00. The van der Waals surface area contributed by atoms with Gasteiger partial charge in [0, 0.05) is 35.3 Å². The molecule has 0 aliphatic carbocycles. The molecule has 0 saturated carbocycles. The highest BCUT2D eigenvalue weighted by Gasteiger charge is 1.97. The van der Waals surface area contributed by atoms with Crippen molar-refractivity contribution >= 4 is 40.4 Å². The average molecular weight is 327 g/mol. The molecule has 108 valence electrons. The molecule has 0 unspecified atom stereocenters. The van der Waals surface area contributed by atoms with E-state index in [9.17, 15) is 0 Å². The van der Waals surface area contributed by atoms with E-state index >= 15 is 0 Å². The zero-order valence-corrected chi connectivity index (χ0v) is 13.6. The number of hydrogen-bond acceptors (Lipinski definition) is 5. The van der Waals surface area contributed by atoms with Gasteiger partial charge in [0.1, 0.15) is 4.34 Å². The minimum Gasteiger partial charge on any atom is -0.370 e. The molecular formula is C13H18N4S3. The predicted octanol–water partition coefficient (Wildman–Crippen LogP) is 2.83. The fraction of sp³-hybridized carbons (Fsp3) is 0.385. The zero-order chi connectivity index (χ0) is 14.0. The van der Waals surface area contributed by atoms with Gasteiger partial charge in [0.2, 0.25) is 0 Å². The van der Waals surface area contributed by atoms with Crippen molar-refractivity contribution in [3.63, 3.8) is 0 Å². The van der Waals surface area contributed by atoms with Crippen molar-refractivity contribution in [3.8, 4) is 0 Å². The number of guanidine groups is 1. The standard InChI is InChI=1S/C13H18N4S3/c14-12(16-6-4-11-3-1-8-18-11)15-5-2-9-19-13-17-7-10-20-13/h1,3,7-8,10H,2,4-6,9H2,(H3,14,15,16). The first-order chi connectivity index (χ1) is 9.84. The number of thiophene rings is 1. The second-order valence-electron chi connectivity index (χ2n) is 4.02. The molecule has 0 fully saturated rings. The van der Waals surface area contributed by atoms with Crippen LogP contribution in [0.3, 0.4) is 0 Å². The molecule has 0 amide bonds. The van der Waals surface area contributed by atoms with Gasteiger partial charge in [0.15, 0.2) is 5.96 Å². The third-order valence-corrected chi connectivity index (χ3v) is 5.47. The first-order valence-corrected chi connectivity index (χ1v) is 9.17. The Morgan fingerprint density at radius 2 is 2.35 bits per heavy atom. The topological polar surface area (TPSA) is 63.3 Å². The van der Waals surface area contributed by atoms with Crippen molar-refractivity contribution in [1.82, 2.24) is 10.3 Å². The van der Waals surface area contributed by atoms with Crippen molar-refractivity contribution in [1.29, 1.82) is 0 Å². The van der Waals surface area contributed by atoms with Crippen molar-refractivity contribution in [2.75, 3.05) is 18.8 Å². The lowest BCUT2D eigenvalue weighted by Gasteiger charge is -2.04. The molecule has 2 heterocycles. The van der Waals surface area contributed by atoms with Crippen LogP contribution < -0.4 is 11.1 Å². The smallest absolute Gasteiger partial charge is 0.188 e. The molecule has 0 aliphatic heterocycles. The number of aromatic nitrogens is 1. The normalized spacial score (nSPS) is 11.7. The summed E-state index contributed by atoms with van der Waals surface area (Å²) >= 11 is 5.22. The molecule has 2 aromatic rings. The summed E-state index contributed by atoms with van der Waals surface area (Å²) in [5.74, 6) is 1.57. The van der Waals surface area contributed by atoms with Gasteiger partial charge in [-0.25, -0.2) is 4.98 Å². The van der Waals surface area contributed by atoms with Gasteiger partial charge in [0.25, 0.3) is 0 Å². The molecule has 3 N–H and O–H groups in total. The van der Waals surface area contributed by atoms with Crippen LogP contribution in [-0.4, -0.2) is 29.8 Å². The van der Waals surface area contributed by atoms with Gasteiger partial charge in [-0.2, -0.15) is 0 Å². The van der Waals surface area contributed by atoms with E-state index in [1.807, 2.05) is 11.6 Å². The number of nitrogens with zero attached hydrogens (tertiary/aromatic N) is 2. The summed E-state index contributed by atoms with van der Waals surface area (Å²) in [5, 5.41) is 7.23. The van der Waals surface area contributed by atoms with Crippen LogP contribution in [-0.2, 0) is 6.42 Å². The first-order valence-electron chi connectivity index (χ1n) is 6.43. The van der Waals surface area contributed by atoms with Crippen molar-refractivity contribution in [3.05, 3.63) is 34.0 Å². The average Bonchev–Trinajstić information content (AvgIpc) is 3.11. The molecule has 0 spiro atoms. The Balaban J connectivity index is 1.52. The van der Waals surface area contributed by atoms with Crippen LogP contribution in [0.1, 0.15) is 11.3 Å². The third-order valence-electron chi connectivity index (χ3n) is 2.48. The van der Waals surface area contributed by atoms with Crippen molar-refractivity contribution < 1.29 is 0 Å². The maximum atomic E-state index is 5.82. The van der Waals surface area contributed by atoms with E-state index in [0.29, 0.717) is 5.96 Å². The number of thiazole rings is 1. The summed E-state index contributed by atoms with van der Waals surface area (Å²) in [4.78, 5) is 9.91. The van der Waals surface area contributed by atoms with E-state index in [2.05, 4.69) is 32.8 Å². The lowest BCUT2D eigenvalue weighted by atomic mass is 10.3. The number of hydrogen-bond donors (Lipinski definition) is 2. The summed E-state index contributed by atoms with van der Waals surface area (Å²) in [6, 6.07) is 4.20. The van der Waals surface area contributed by atoms with Crippen LogP contribution in [0, 0.1) is 0 Å². The maximum absolute atomic E-state index is 5.82. The molecule has 7 heteroatoms. The first kappa shape index (κ1) is 15.3. The van der Waals surface area contributed by atoms with Crippen LogP contribution >= 0.6 is 34.4 Å². The Morgan fingerprint density at radius 1 is 1.40 bits per heavy atom. The van der Waals surface area contributed by atoms with E-state index in [1.165, 1.54) is 4.88 Å². The molecular weight excluding hydrogens is 308 g/mol. The van der Waals surface area contributed by atoms with E-state index < -0.39 is 0 Å². The summed E-state index contributed by atoms with van der Waals surface area (Å²) in [5.41, 5.74) is 5.82. The SMILES string of the molecule is NC(=NCCCSc1nccs1)NCCc1cccs1. The fourth-order valence-corrected chi connectivity index (χ4v) is 3.87. The monoisotopic (exact) mass is 326 g/mol. The number of nitrogens with one attached hydrogen (secondary N) is 1. The number of rotatable bonds is 8. The largest absolute Gasteiger partial charge is 0.370 e. The van der Waals surface area contributed by atoms with Gasteiger partial charge in [-0.15, -0.1) is 22.7 Å². The zero-order valence-electron chi connectivity index (χ0n) is 11.1. The molecule has 4 nitrogen and oxygen atoms in total. The maximum Gasteiger partial charge on any atom is 0.188 e. The minimum absolute atomic E-state index is 0.542. The number of nitrogens with two attached hydrogens (primary N) is 1. The van der Waals surface area contributed by atoms with Crippen molar-refractivity contribution in [2.45, 2.75) is 17.2 Å². The molecule has 2 aromatic heterocycles. The Kier molecular flexibility index (Phi) is 6.90. The van der Waals surface area contributed by atoms with E-state index in [1.54, 1.807) is 34.4 Å². The Bertz CT molecular complexity index is 494. The minimum atomic E-state index is 0.542. The molecule has 0 bridgehead atoms. The number of thioether (sulfide) groups is 1. The molecule has 0 radical (unpaired) electrons. The van der Waals surface area contributed by atoms with Gasteiger partial charge in [0.05, 0.1) is 0 Å². The Hall–Kier alpha value is -1.05. The molecule has 20 heavy (non-hydrogen) atoms. The Morgan fingerprint density at radius 3 is 3.10 bits per heavy atom. The highest BCUT2D eigenvalue weighted by Crippen LogP contribution is 2.20. The molecule has 0 atom stereocenters. The quantitative estimate of drug-likeness (QED) is 0.339. The van der Waals surface area contributed by atoms with E-state index in [4.69, 9.17) is 5.73 Å².